The summed E-state index contributed by atoms with van der Waals surface area (Å²) in [5.74, 6) is 0.739. The van der Waals surface area contributed by atoms with E-state index in [-0.39, 0.29) is 5.82 Å². The molecule has 1 N–H and O–H groups in total. The predicted molar refractivity (Wildman–Crippen MR) is 71.7 cm³/mol. The maximum atomic E-state index is 13.0. The van der Waals surface area contributed by atoms with Gasteiger partial charge in [0.25, 0.3) is 0 Å². The smallest absolute Gasteiger partial charge is 0.243 e. The number of hydrogen-bond acceptors (Lipinski definition) is 4. The Balaban J connectivity index is 1.75. The van der Waals surface area contributed by atoms with Crippen molar-refractivity contribution >= 4 is 11.6 Å². The molecule has 2 heterocycles. The SMILES string of the molecule is CC(C)COCCCNc1nc2ccc(F)cn2n1. The van der Waals surface area contributed by atoms with Crippen molar-refractivity contribution in [1.29, 1.82) is 0 Å². The highest BCUT2D eigenvalue weighted by Crippen LogP contribution is 2.06. The second kappa shape index (κ2) is 6.47. The van der Waals surface area contributed by atoms with Gasteiger partial charge in [0.1, 0.15) is 5.82 Å². The summed E-state index contributed by atoms with van der Waals surface area (Å²) in [6, 6.07) is 2.97. The fourth-order valence-corrected chi connectivity index (χ4v) is 1.63. The van der Waals surface area contributed by atoms with Gasteiger partial charge in [0.15, 0.2) is 5.65 Å². The van der Waals surface area contributed by atoms with Crippen LogP contribution in [0.15, 0.2) is 18.3 Å². The molecular formula is C13H19FN4O. The largest absolute Gasteiger partial charge is 0.381 e. The Labute approximate surface area is 111 Å². The molecule has 2 aromatic heterocycles. The molecule has 0 saturated carbocycles. The molecule has 5 nitrogen and oxygen atoms in total. The first-order valence-electron chi connectivity index (χ1n) is 6.48. The molecule has 104 valence electrons. The Hall–Kier alpha value is -1.69. The van der Waals surface area contributed by atoms with Crippen LogP contribution in [-0.2, 0) is 4.74 Å². The van der Waals surface area contributed by atoms with Gasteiger partial charge in [-0.15, -0.1) is 5.10 Å². The Kier molecular flexibility index (Phi) is 4.68. The van der Waals surface area contributed by atoms with E-state index < -0.39 is 0 Å². The van der Waals surface area contributed by atoms with Crippen molar-refractivity contribution in [2.75, 3.05) is 25.1 Å². The third-order valence-corrected chi connectivity index (χ3v) is 2.49. The first-order chi connectivity index (χ1) is 9.15. The molecule has 0 fully saturated rings. The fourth-order valence-electron chi connectivity index (χ4n) is 1.63. The van der Waals surface area contributed by atoms with Crippen molar-refractivity contribution in [2.24, 2.45) is 5.92 Å². The number of nitrogens with zero attached hydrogens (tertiary/aromatic N) is 3. The van der Waals surface area contributed by atoms with E-state index in [4.69, 9.17) is 4.74 Å². The number of nitrogens with one attached hydrogen (secondary N) is 1. The number of aromatic nitrogens is 3. The van der Waals surface area contributed by atoms with Gasteiger partial charge in [-0.3, -0.25) is 0 Å². The van der Waals surface area contributed by atoms with E-state index in [0.29, 0.717) is 24.1 Å². The number of ether oxygens (including phenoxy) is 1. The van der Waals surface area contributed by atoms with Gasteiger partial charge < -0.3 is 10.1 Å². The van der Waals surface area contributed by atoms with Crippen LogP contribution in [0.2, 0.25) is 0 Å². The molecule has 0 bridgehead atoms. The van der Waals surface area contributed by atoms with E-state index in [1.165, 1.54) is 16.8 Å². The van der Waals surface area contributed by atoms with Crippen LogP contribution in [0.3, 0.4) is 0 Å². The van der Waals surface area contributed by atoms with Gasteiger partial charge in [-0.25, -0.2) is 8.91 Å². The lowest BCUT2D eigenvalue weighted by Crippen LogP contribution is -2.09. The van der Waals surface area contributed by atoms with E-state index in [1.807, 2.05) is 0 Å². The van der Waals surface area contributed by atoms with E-state index in [2.05, 4.69) is 29.2 Å². The number of hydrogen-bond donors (Lipinski definition) is 1. The topological polar surface area (TPSA) is 51.5 Å². The molecular weight excluding hydrogens is 247 g/mol. The lowest BCUT2D eigenvalue weighted by Gasteiger charge is -2.06. The van der Waals surface area contributed by atoms with E-state index in [1.54, 1.807) is 6.07 Å². The zero-order chi connectivity index (χ0) is 13.7. The van der Waals surface area contributed by atoms with Crippen LogP contribution in [0, 0.1) is 11.7 Å². The van der Waals surface area contributed by atoms with E-state index in [0.717, 1.165) is 19.6 Å². The lowest BCUT2D eigenvalue weighted by atomic mass is 10.2. The van der Waals surface area contributed by atoms with Gasteiger partial charge in [-0.2, -0.15) is 4.98 Å². The summed E-state index contributed by atoms with van der Waals surface area (Å²) in [4.78, 5) is 4.23. The summed E-state index contributed by atoms with van der Waals surface area (Å²) in [5, 5.41) is 7.23. The molecule has 0 radical (unpaired) electrons. The Bertz CT molecular complexity index is 526. The summed E-state index contributed by atoms with van der Waals surface area (Å²) < 4.78 is 19.9. The predicted octanol–water partition coefficient (Wildman–Crippen LogP) is 2.34. The number of halogens is 1. The molecule has 0 aromatic carbocycles. The van der Waals surface area contributed by atoms with Gasteiger partial charge in [-0.05, 0) is 24.5 Å². The molecule has 6 heteroatoms. The van der Waals surface area contributed by atoms with Crippen molar-refractivity contribution in [3.8, 4) is 0 Å². The van der Waals surface area contributed by atoms with Gasteiger partial charge in [0.2, 0.25) is 5.95 Å². The monoisotopic (exact) mass is 266 g/mol. The standard InChI is InChI=1S/C13H19FN4O/c1-10(2)9-19-7-3-6-15-13-16-12-5-4-11(14)8-18(12)17-13/h4-5,8,10H,3,6-7,9H2,1-2H3,(H,15,17). The zero-order valence-electron chi connectivity index (χ0n) is 11.3. The molecule has 19 heavy (non-hydrogen) atoms. The summed E-state index contributed by atoms with van der Waals surface area (Å²) in [6.45, 7) is 6.48. The molecule has 2 aromatic rings. The number of anilines is 1. The summed E-state index contributed by atoms with van der Waals surface area (Å²) in [6.07, 6.45) is 2.19. The molecule has 2 rings (SSSR count). The molecule has 0 aliphatic heterocycles. The first kappa shape index (κ1) is 13.7. The minimum atomic E-state index is -0.328. The van der Waals surface area contributed by atoms with E-state index in [9.17, 15) is 4.39 Å². The molecule has 0 aliphatic rings. The Morgan fingerprint density at radius 2 is 2.26 bits per heavy atom. The Morgan fingerprint density at radius 3 is 3.05 bits per heavy atom. The van der Waals surface area contributed by atoms with Gasteiger partial charge >= 0.3 is 0 Å². The fraction of sp³-hybridized carbons (Fsp3) is 0.538. The average Bonchev–Trinajstić information content (AvgIpc) is 2.75. The van der Waals surface area contributed by atoms with Crippen LogP contribution in [0.1, 0.15) is 20.3 Å². The summed E-state index contributed by atoms with van der Waals surface area (Å²) >= 11 is 0. The lowest BCUT2D eigenvalue weighted by molar-refractivity contribution is 0.110. The minimum Gasteiger partial charge on any atom is -0.381 e. The van der Waals surface area contributed by atoms with Gasteiger partial charge in [0, 0.05) is 19.8 Å². The first-order valence-corrected chi connectivity index (χ1v) is 6.48. The third kappa shape index (κ3) is 4.17. The highest BCUT2D eigenvalue weighted by molar-refractivity contribution is 5.42. The highest BCUT2D eigenvalue weighted by atomic mass is 19.1. The maximum Gasteiger partial charge on any atom is 0.243 e. The molecule has 0 amide bonds. The van der Waals surface area contributed by atoms with Crippen LogP contribution in [0.5, 0.6) is 0 Å². The maximum absolute atomic E-state index is 13.0. The van der Waals surface area contributed by atoms with Crippen LogP contribution >= 0.6 is 0 Å². The van der Waals surface area contributed by atoms with Crippen LogP contribution in [0.25, 0.3) is 5.65 Å². The van der Waals surface area contributed by atoms with Gasteiger partial charge in [-0.1, -0.05) is 13.8 Å². The molecule has 0 atom stereocenters. The Morgan fingerprint density at radius 1 is 1.42 bits per heavy atom. The minimum absolute atomic E-state index is 0.328. The van der Waals surface area contributed by atoms with E-state index >= 15 is 0 Å². The van der Waals surface area contributed by atoms with Crippen molar-refractivity contribution in [3.63, 3.8) is 0 Å². The van der Waals surface area contributed by atoms with Crippen LogP contribution < -0.4 is 5.32 Å². The van der Waals surface area contributed by atoms with Crippen LogP contribution in [0.4, 0.5) is 10.3 Å². The summed E-state index contributed by atoms with van der Waals surface area (Å²) in [5.41, 5.74) is 0.625. The van der Waals surface area contributed by atoms with Crippen molar-refractivity contribution in [3.05, 3.63) is 24.1 Å². The van der Waals surface area contributed by atoms with Gasteiger partial charge in [0.05, 0.1) is 6.20 Å². The van der Waals surface area contributed by atoms with Crippen molar-refractivity contribution in [2.45, 2.75) is 20.3 Å². The molecule has 0 aliphatic carbocycles. The van der Waals surface area contributed by atoms with Crippen molar-refractivity contribution in [1.82, 2.24) is 14.6 Å². The van der Waals surface area contributed by atoms with Crippen LogP contribution in [-0.4, -0.2) is 34.4 Å². The summed E-state index contributed by atoms with van der Waals surface area (Å²) in [7, 11) is 0. The quantitative estimate of drug-likeness (QED) is 0.782. The molecule has 0 saturated heterocycles. The highest BCUT2D eigenvalue weighted by Gasteiger charge is 2.03. The average molecular weight is 266 g/mol. The number of pyridine rings is 1. The number of fused-ring (bicyclic) bond motifs is 1. The molecule has 0 spiro atoms. The van der Waals surface area contributed by atoms with Crippen molar-refractivity contribution < 1.29 is 9.13 Å². The zero-order valence-corrected chi connectivity index (χ0v) is 11.3. The normalized spacial score (nSPS) is 11.4. The number of rotatable bonds is 7. The third-order valence-electron chi connectivity index (χ3n) is 2.49. The second-order valence-corrected chi connectivity index (χ2v) is 4.83. The second-order valence-electron chi connectivity index (χ2n) is 4.83. The molecule has 0 unspecified atom stereocenters.